The van der Waals surface area contributed by atoms with Gasteiger partial charge in [-0.15, -0.1) is 0 Å². The Bertz CT molecular complexity index is 1270. The Kier molecular flexibility index (Phi) is 5.13. The summed E-state index contributed by atoms with van der Waals surface area (Å²) < 4.78 is 0. The molecule has 0 spiro atoms. The Hall–Kier alpha value is -3.45. The van der Waals surface area contributed by atoms with Gasteiger partial charge in [-0.3, -0.25) is 0 Å². The molecule has 0 aromatic heterocycles. The summed E-state index contributed by atoms with van der Waals surface area (Å²) in [7, 11) is 0. The van der Waals surface area contributed by atoms with Crippen molar-refractivity contribution in [3.63, 3.8) is 0 Å². The Labute approximate surface area is 205 Å². The molecule has 0 radical (unpaired) electrons. The first-order chi connectivity index (χ1) is 16.2. The first kappa shape index (κ1) is 22.3. The van der Waals surface area contributed by atoms with Crippen LogP contribution in [0, 0.1) is 12.3 Å². The summed E-state index contributed by atoms with van der Waals surface area (Å²) in [6, 6.07) is 37.0. The molecule has 34 heavy (non-hydrogen) atoms. The van der Waals surface area contributed by atoms with E-state index in [1.165, 1.54) is 27.9 Å². The summed E-state index contributed by atoms with van der Waals surface area (Å²) in [5.74, 6) is 0. The van der Waals surface area contributed by atoms with Crippen molar-refractivity contribution in [2.24, 2.45) is 5.41 Å². The first-order valence-electron chi connectivity index (χ1n) is 12.2. The molecular formula is C33H34N+. The zero-order chi connectivity index (χ0) is 24.1. The van der Waals surface area contributed by atoms with E-state index in [2.05, 4.69) is 143 Å². The van der Waals surface area contributed by atoms with Gasteiger partial charge in [-0.25, -0.2) is 0 Å². The highest BCUT2D eigenvalue weighted by molar-refractivity contribution is 5.88. The monoisotopic (exact) mass is 444 g/mol. The van der Waals surface area contributed by atoms with E-state index < -0.39 is 0 Å². The molecule has 0 aliphatic heterocycles. The van der Waals surface area contributed by atoms with Gasteiger partial charge in [0.25, 0.3) is 0 Å². The highest BCUT2D eigenvalue weighted by atomic mass is 15.1. The van der Waals surface area contributed by atoms with Crippen LogP contribution in [-0.2, 0) is 10.8 Å². The molecule has 1 unspecified atom stereocenters. The quantitative estimate of drug-likeness (QED) is 0.283. The SMILES string of the molecule is [CH2+]C1(C)C(C)(C)c2ccc(-c3ccccc3N(c3ccccc3)c3ccccc3)cc2C1(C)C. The molecule has 170 valence electrons. The second-order valence-corrected chi connectivity index (χ2v) is 10.9. The molecule has 1 nitrogen and oxygen atoms in total. The van der Waals surface area contributed by atoms with Gasteiger partial charge in [0.15, 0.2) is 0 Å². The van der Waals surface area contributed by atoms with Crippen LogP contribution >= 0.6 is 0 Å². The van der Waals surface area contributed by atoms with Crippen LogP contribution in [0.3, 0.4) is 0 Å². The molecule has 1 heteroatoms. The molecule has 0 saturated heterocycles. The minimum Gasteiger partial charge on any atom is -0.310 e. The maximum atomic E-state index is 4.71. The lowest BCUT2D eigenvalue weighted by Gasteiger charge is -2.38. The minimum absolute atomic E-state index is 0.00396. The van der Waals surface area contributed by atoms with Gasteiger partial charge in [0.05, 0.1) is 12.6 Å². The topological polar surface area (TPSA) is 3.24 Å². The van der Waals surface area contributed by atoms with Crippen molar-refractivity contribution in [3.8, 4) is 11.1 Å². The highest BCUT2D eigenvalue weighted by Gasteiger charge is 2.62. The number of hydrogen-bond donors (Lipinski definition) is 0. The van der Waals surface area contributed by atoms with Crippen LogP contribution < -0.4 is 4.90 Å². The van der Waals surface area contributed by atoms with Crippen molar-refractivity contribution < 1.29 is 0 Å². The molecule has 4 aromatic carbocycles. The maximum Gasteiger partial charge on any atom is 0.121 e. The van der Waals surface area contributed by atoms with Crippen molar-refractivity contribution in [2.75, 3.05) is 4.90 Å². The third-order valence-electron chi connectivity index (χ3n) is 8.61. The Morgan fingerprint density at radius 1 is 0.559 bits per heavy atom. The van der Waals surface area contributed by atoms with Crippen LogP contribution in [0.15, 0.2) is 103 Å². The van der Waals surface area contributed by atoms with Gasteiger partial charge in [-0.1, -0.05) is 100 Å². The standard InChI is InChI=1S/C33H34N/c1-31(2)28-22-21-24(23-29(28)32(3,4)33(31,5)6)27-19-13-14-20-30(27)34(25-15-9-7-10-16-25)26-17-11-8-12-18-26/h7-23H,5H2,1-4,6H3/q+1. The summed E-state index contributed by atoms with van der Waals surface area (Å²) >= 11 is 0. The van der Waals surface area contributed by atoms with Crippen molar-refractivity contribution in [2.45, 2.75) is 45.4 Å². The van der Waals surface area contributed by atoms with Gasteiger partial charge in [0.1, 0.15) is 5.41 Å². The summed E-state index contributed by atoms with van der Waals surface area (Å²) in [5.41, 5.74) is 8.64. The molecule has 0 amide bonds. The number of anilines is 3. The van der Waals surface area contributed by atoms with E-state index in [1.807, 2.05) is 0 Å². The normalized spacial score (nSPS) is 20.0. The van der Waals surface area contributed by atoms with Crippen LogP contribution in [0.1, 0.15) is 45.7 Å². The molecule has 0 heterocycles. The predicted octanol–water partition coefficient (Wildman–Crippen LogP) is 9.23. The molecule has 4 aromatic rings. The fourth-order valence-corrected chi connectivity index (χ4v) is 5.64. The number of nitrogens with zero attached hydrogens (tertiary/aromatic N) is 1. The van der Waals surface area contributed by atoms with E-state index in [4.69, 9.17) is 6.92 Å². The van der Waals surface area contributed by atoms with Crippen molar-refractivity contribution in [1.82, 2.24) is 0 Å². The van der Waals surface area contributed by atoms with Crippen molar-refractivity contribution in [3.05, 3.63) is 121 Å². The molecule has 0 N–H and O–H groups in total. The third-order valence-corrected chi connectivity index (χ3v) is 8.61. The zero-order valence-electron chi connectivity index (χ0n) is 21.0. The van der Waals surface area contributed by atoms with Crippen molar-refractivity contribution in [1.29, 1.82) is 0 Å². The van der Waals surface area contributed by atoms with Crippen LogP contribution in [0.5, 0.6) is 0 Å². The molecule has 1 aliphatic carbocycles. The van der Waals surface area contributed by atoms with Gasteiger partial charge in [0.2, 0.25) is 0 Å². The lowest BCUT2D eigenvalue weighted by Crippen LogP contribution is -2.42. The van der Waals surface area contributed by atoms with Crippen LogP contribution in [-0.4, -0.2) is 0 Å². The summed E-state index contributed by atoms with van der Waals surface area (Å²) in [6.07, 6.45) is 0. The fraction of sp³-hybridized carbons (Fsp3) is 0.242. The molecule has 1 atom stereocenters. The smallest absolute Gasteiger partial charge is 0.121 e. The molecule has 0 saturated carbocycles. The van der Waals surface area contributed by atoms with Gasteiger partial charge < -0.3 is 4.90 Å². The van der Waals surface area contributed by atoms with Crippen LogP contribution in [0.2, 0.25) is 0 Å². The van der Waals surface area contributed by atoms with E-state index in [1.54, 1.807) is 0 Å². The highest BCUT2D eigenvalue weighted by Crippen LogP contribution is 2.61. The van der Waals surface area contributed by atoms with Crippen LogP contribution in [0.25, 0.3) is 11.1 Å². The van der Waals surface area contributed by atoms with Gasteiger partial charge in [0, 0.05) is 27.8 Å². The minimum atomic E-state index is -0.0966. The lowest BCUT2D eigenvalue weighted by atomic mass is 9.59. The Morgan fingerprint density at radius 3 is 1.65 bits per heavy atom. The summed E-state index contributed by atoms with van der Waals surface area (Å²) in [5, 5.41) is 0. The first-order valence-corrected chi connectivity index (χ1v) is 12.2. The van der Waals surface area contributed by atoms with E-state index in [0.29, 0.717) is 0 Å². The fourth-order valence-electron chi connectivity index (χ4n) is 5.64. The number of benzene rings is 4. The van der Waals surface area contributed by atoms with Gasteiger partial charge in [-0.2, -0.15) is 0 Å². The van der Waals surface area contributed by atoms with E-state index in [0.717, 1.165) is 11.4 Å². The van der Waals surface area contributed by atoms with E-state index >= 15 is 0 Å². The summed E-state index contributed by atoms with van der Waals surface area (Å²) in [6.45, 7) is 16.4. The maximum absolute atomic E-state index is 4.71. The van der Waals surface area contributed by atoms with E-state index in [-0.39, 0.29) is 16.2 Å². The lowest BCUT2D eigenvalue weighted by molar-refractivity contribution is 0.159. The van der Waals surface area contributed by atoms with Crippen molar-refractivity contribution >= 4 is 17.1 Å². The molecule has 5 rings (SSSR count). The molecule has 0 fully saturated rings. The van der Waals surface area contributed by atoms with Crippen LogP contribution in [0.4, 0.5) is 17.1 Å². The second kappa shape index (κ2) is 7.81. The Balaban J connectivity index is 1.71. The molecular weight excluding hydrogens is 410 g/mol. The second-order valence-electron chi connectivity index (χ2n) is 10.9. The zero-order valence-corrected chi connectivity index (χ0v) is 21.0. The van der Waals surface area contributed by atoms with Gasteiger partial charge in [-0.05, 0) is 53.9 Å². The molecule has 1 aliphatic rings. The Morgan fingerprint density at radius 2 is 1.06 bits per heavy atom. The molecule has 0 bridgehead atoms. The number of rotatable bonds is 4. The third kappa shape index (κ3) is 3.18. The predicted molar refractivity (Wildman–Crippen MR) is 146 cm³/mol. The average Bonchev–Trinajstić information content (AvgIpc) is 2.95. The largest absolute Gasteiger partial charge is 0.310 e. The number of para-hydroxylation sites is 3. The average molecular weight is 445 g/mol. The van der Waals surface area contributed by atoms with E-state index in [9.17, 15) is 0 Å². The van der Waals surface area contributed by atoms with Gasteiger partial charge >= 0.3 is 0 Å². The summed E-state index contributed by atoms with van der Waals surface area (Å²) in [4.78, 5) is 2.35. The number of hydrogen-bond acceptors (Lipinski definition) is 1. The number of fused-ring (bicyclic) bond motifs is 1.